The van der Waals surface area contributed by atoms with Crippen molar-refractivity contribution in [2.75, 3.05) is 216 Å². The molecule has 0 spiro atoms. The molecule has 6 unspecified atom stereocenters. The van der Waals surface area contributed by atoms with E-state index < -0.39 is 18.3 Å². The Labute approximate surface area is 466 Å². The average Bonchev–Trinajstić information content (AvgIpc) is 3.33. The molecule has 6 atom stereocenters. The minimum Gasteiger partial charge on any atom is -1.00 e. The normalized spacial score (nSPS) is 30.8. The van der Waals surface area contributed by atoms with Crippen molar-refractivity contribution in [3.63, 3.8) is 0 Å². The number of hydrogen-bond donors (Lipinski definition) is 3. The SMILES string of the molecule is COCC(CCl)OCC(O)C[N+]12CCN(CC1)CC2.COCC(CCl)OCC(O)C[N+]12CC[N+](Cc3ccc(C[N+]45CC[N+](CC(O)COC(CCl)COC)(CC4)CC5)cc3)(CC1)CC2.[Cl-].[Cl-].[Cl-].[Cl-].[Cl-]. The summed E-state index contributed by atoms with van der Waals surface area (Å²) in [7, 11) is 4.92. The molecule has 70 heavy (non-hydrogen) atoms. The molecule has 0 saturated carbocycles. The van der Waals surface area contributed by atoms with Gasteiger partial charge in [-0.05, 0) is 0 Å². The van der Waals surface area contributed by atoms with Gasteiger partial charge in [0.1, 0.15) is 130 Å². The van der Waals surface area contributed by atoms with Crippen molar-refractivity contribution in [2.24, 2.45) is 0 Å². The van der Waals surface area contributed by atoms with Crippen LogP contribution < -0.4 is 62.0 Å². The lowest BCUT2D eigenvalue weighted by Gasteiger charge is -2.56. The van der Waals surface area contributed by atoms with E-state index >= 15 is 0 Å². The Morgan fingerprint density at radius 3 is 0.900 bits per heavy atom. The molecule has 9 heterocycles. The molecule has 23 heteroatoms. The largest absolute Gasteiger partial charge is 1.00 e. The number of halogens is 8. The fourth-order valence-electron chi connectivity index (χ4n) is 11.6. The summed E-state index contributed by atoms with van der Waals surface area (Å²) in [4.78, 5) is 2.50. The number of alkyl halides is 3. The minimum absolute atomic E-state index is 0. The Morgan fingerprint density at radius 2 is 0.657 bits per heavy atom. The molecule has 9 fully saturated rings. The molecular weight excluding hydrogens is 1080 g/mol. The summed E-state index contributed by atoms with van der Waals surface area (Å²) in [6.45, 7) is 27.6. The van der Waals surface area contributed by atoms with Crippen LogP contribution in [0.4, 0.5) is 0 Å². The molecule has 0 amide bonds. The number of methoxy groups -OCH3 is 3. The summed E-state index contributed by atoms with van der Waals surface area (Å²) in [5, 5.41) is 31.7. The van der Waals surface area contributed by atoms with Gasteiger partial charge in [0.25, 0.3) is 0 Å². The van der Waals surface area contributed by atoms with Crippen molar-refractivity contribution in [3.05, 3.63) is 35.4 Å². The fourth-order valence-corrected chi connectivity index (χ4v) is 12.2. The maximum atomic E-state index is 10.8. The highest BCUT2D eigenvalue weighted by molar-refractivity contribution is 6.18. The molecule has 0 aliphatic carbocycles. The van der Waals surface area contributed by atoms with Crippen LogP contribution in [-0.4, -0.2) is 295 Å². The van der Waals surface area contributed by atoms with Crippen LogP contribution in [0.5, 0.6) is 0 Å². The van der Waals surface area contributed by atoms with Crippen LogP contribution in [0.25, 0.3) is 0 Å². The maximum absolute atomic E-state index is 10.8. The van der Waals surface area contributed by atoms with Gasteiger partial charge in [0.2, 0.25) is 0 Å². The first-order valence-corrected chi connectivity index (χ1v) is 26.0. The second-order valence-corrected chi connectivity index (χ2v) is 21.7. The number of hydrogen-bond acceptors (Lipinski definition) is 10. The highest BCUT2D eigenvalue weighted by Crippen LogP contribution is 2.32. The number of rotatable bonds is 28. The van der Waals surface area contributed by atoms with Gasteiger partial charge in [-0.1, -0.05) is 24.3 Å². The standard InChI is InChI=1S/C34H60Cl2N4O6.C13H26ClN2O3.5ClH/c1-43-27-33(19-35)45-25-31(41)23-39-13-7-37(8-14-39,9-15-39)21-29-3-5-30(6-4-29)22-38-10-16-40(17-11-38,18-12-38)24-32(42)26-46-34(20-36)28-44-2;1-18-11-13(8-14)19-10-12(17)9-16-5-2-15(3-6-16)4-7-16;;;;;/h3-6,31-34,41-42H,7-28H2,1-2H3;12-13,17H,2-11H2,1H3;5*1H/q+4;+1;;;;;/p-5. The van der Waals surface area contributed by atoms with E-state index in [1.54, 1.807) is 21.3 Å². The predicted molar refractivity (Wildman–Crippen MR) is 254 cm³/mol. The van der Waals surface area contributed by atoms with E-state index in [-0.39, 0.29) is 80.3 Å². The maximum Gasteiger partial charge on any atom is 0.129 e. The smallest absolute Gasteiger partial charge is 0.129 e. The number of fused-ring (bicyclic) bond motifs is 9. The van der Waals surface area contributed by atoms with E-state index in [0.717, 1.165) is 105 Å². The third-order valence-electron chi connectivity index (χ3n) is 16.0. The van der Waals surface area contributed by atoms with Crippen molar-refractivity contribution in [1.29, 1.82) is 0 Å². The number of piperazine rings is 9. The molecule has 0 radical (unpaired) electrons. The first-order chi connectivity index (χ1) is 31.3. The van der Waals surface area contributed by atoms with Gasteiger partial charge in [-0.3, -0.25) is 4.90 Å². The molecule has 1 aromatic rings. The van der Waals surface area contributed by atoms with Gasteiger partial charge in [0.15, 0.2) is 0 Å². The molecule has 15 nitrogen and oxygen atoms in total. The van der Waals surface area contributed by atoms with Crippen molar-refractivity contribution in [1.82, 2.24) is 4.90 Å². The molecule has 3 N–H and O–H groups in total. The average molecular weight is 1160 g/mol. The molecule has 1 aromatic carbocycles. The summed E-state index contributed by atoms with van der Waals surface area (Å²) in [5.41, 5.74) is 2.88. The highest BCUT2D eigenvalue weighted by atomic mass is 35.5. The summed E-state index contributed by atoms with van der Waals surface area (Å²) >= 11 is 17.7. The van der Waals surface area contributed by atoms with Crippen LogP contribution in [0, 0.1) is 0 Å². The quantitative estimate of drug-likeness (QED) is 0.0553. The molecule has 414 valence electrons. The van der Waals surface area contributed by atoms with Crippen LogP contribution in [0.2, 0.25) is 0 Å². The molecule has 9 saturated heterocycles. The second kappa shape index (κ2) is 33.3. The van der Waals surface area contributed by atoms with Gasteiger partial charge >= 0.3 is 0 Å². The van der Waals surface area contributed by atoms with Crippen LogP contribution >= 0.6 is 34.8 Å². The lowest BCUT2D eigenvalue weighted by atomic mass is 10.0. The van der Waals surface area contributed by atoms with Gasteiger partial charge in [0.05, 0.1) is 95.2 Å². The zero-order valence-electron chi connectivity index (χ0n) is 41.9. The Balaban J connectivity index is 0.000000866. The van der Waals surface area contributed by atoms with E-state index in [4.69, 9.17) is 63.2 Å². The van der Waals surface area contributed by atoms with E-state index in [1.165, 1.54) is 79.0 Å². The van der Waals surface area contributed by atoms with E-state index in [2.05, 4.69) is 29.2 Å². The Kier molecular flexibility index (Phi) is 32.8. The first-order valence-electron chi connectivity index (χ1n) is 24.4. The molecule has 10 rings (SSSR count). The van der Waals surface area contributed by atoms with E-state index in [0.29, 0.717) is 57.3 Å². The fraction of sp³-hybridized carbons (Fsp3) is 0.872. The van der Waals surface area contributed by atoms with Gasteiger partial charge in [0, 0.05) is 52.1 Å². The van der Waals surface area contributed by atoms with E-state index in [9.17, 15) is 15.3 Å². The first kappa shape index (κ1) is 69.0. The molecule has 9 aliphatic heterocycles. The van der Waals surface area contributed by atoms with Gasteiger partial charge in [-0.15, -0.1) is 34.8 Å². The highest BCUT2D eigenvalue weighted by Gasteiger charge is 2.51. The van der Waals surface area contributed by atoms with Gasteiger partial charge in [-0.2, -0.15) is 0 Å². The van der Waals surface area contributed by atoms with Crippen molar-refractivity contribution >= 4 is 34.8 Å². The topological polar surface area (TPSA) is 119 Å². The van der Waals surface area contributed by atoms with Gasteiger partial charge < -0.3 is 128 Å². The molecule has 6 bridgehead atoms. The number of ether oxygens (including phenoxy) is 6. The lowest BCUT2D eigenvalue weighted by molar-refractivity contribution is -1.09. The Morgan fingerprint density at radius 1 is 0.414 bits per heavy atom. The second-order valence-electron chi connectivity index (χ2n) is 20.7. The Bertz CT molecular complexity index is 1410. The summed E-state index contributed by atoms with van der Waals surface area (Å²) in [6.07, 6.45) is -1.83. The lowest BCUT2D eigenvalue weighted by Crippen LogP contribution is -3.00. The number of quaternary nitrogens is 5. The summed E-state index contributed by atoms with van der Waals surface area (Å²) in [6, 6.07) is 9.51. The number of benzene rings is 1. The molecule has 9 aliphatic rings. The minimum atomic E-state index is -0.475. The van der Waals surface area contributed by atoms with Crippen LogP contribution in [-0.2, 0) is 41.5 Å². The number of nitrogens with zero attached hydrogens (tertiary/aromatic N) is 6. The summed E-state index contributed by atoms with van der Waals surface area (Å²) in [5.74, 6) is 1.14. The zero-order chi connectivity index (χ0) is 46.4. The Hall–Kier alpha value is 0.940. The van der Waals surface area contributed by atoms with Crippen LogP contribution in [0.15, 0.2) is 24.3 Å². The monoisotopic (exact) mass is 1160 g/mol. The summed E-state index contributed by atoms with van der Waals surface area (Å²) < 4.78 is 38.0. The third kappa shape index (κ3) is 20.1. The number of aliphatic hydroxyl groups excluding tert-OH is 3. The predicted octanol–water partition coefficient (Wildman–Crippen LogP) is -13.9. The molecule has 0 aromatic heterocycles. The van der Waals surface area contributed by atoms with Crippen molar-refractivity contribution < 1.29 is 128 Å². The third-order valence-corrected chi connectivity index (χ3v) is 17.0. The van der Waals surface area contributed by atoms with Crippen molar-refractivity contribution in [2.45, 2.75) is 49.7 Å². The van der Waals surface area contributed by atoms with E-state index in [1.807, 2.05) is 0 Å². The van der Waals surface area contributed by atoms with Gasteiger partial charge in [-0.25, -0.2) is 0 Å². The van der Waals surface area contributed by atoms with Crippen molar-refractivity contribution in [3.8, 4) is 0 Å². The van der Waals surface area contributed by atoms with Crippen LogP contribution in [0.1, 0.15) is 11.1 Å². The number of aliphatic hydroxyl groups is 3. The molecular formula is C47H86Cl8N6O9. The van der Waals surface area contributed by atoms with Crippen LogP contribution in [0.3, 0.4) is 0 Å². The zero-order valence-corrected chi connectivity index (χ0v) is 47.9.